The van der Waals surface area contributed by atoms with Gasteiger partial charge < -0.3 is 4.74 Å². The van der Waals surface area contributed by atoms with Crippen LogP contribution in [0.15, 0.2) is 71.8 Å². The number of halogens is 2. The zero-order valence-corrected chi connectivity index (χ0v) is 19.5. The Morgan fingerprint density at radius 2 is 1.76 bits per heavy atom. The topological polar surface area (TPSA) is 74.8 Å². The van der Waals surface area contributed by atoms with Crippen LogP contribution in [0, 0.1) is 6.92 Å². The number of nitrogens with one attached hydrogen (secondary N) is 3. The van der Waals surface area contributed by atoms with Crippen molar-refractivity contribution >= 4 is 35.3 Å². The Morgan fingerprint density at radius 3 is 2.45 bits per heavy atom. The number of benzene rings is 3. The summed E-state index contributed by atoms with van der Waals surface area (Å²) >= 11 is 12.2. The van der Waals surface area contributed by atoms with Gasteiger partial charge in [0.2, 0.25) is 0 Å². The number of hydrogen-bond acceptors (Lipinski definition) is 5. The summed E-state index contributed by atoms with van der Waals surface area (Å²) in [5.41, 5.74) is 12.7. The lowest BCUT2D eigenvalue weighted by molar-refractivity contribution is -0.122. The maximum Gasteiger partial charge on any atom is 0.258 e. The van der Waals surface area contributed by atoms with Crippen molar-refractivity contribution in [3.63, 3.8) is 0 Å². The summed E-state index contributed by atoms with van der Waals surface area (Å²) < 4.78 is 5.87. The number of carbonyl (C=O) groups excluding carboxylic acids is 1. The van der Waals surface area contributed by atoms with Gasteiger partial charge in [-0.15, -0.1) is 0 Å². The number of amides is 1. The third kappa shape index (κ3) is 6.12. The third-order valence-corrected chi connectivity index (χ3v) is 6.06. The first kappa shape index (κ1) is 23.3. The number of aryl methyl sites for hydroxylation is 1. The van der Waals surface area contributed by atoms with E-state index in [4.69, 9.17) is 27.9 Å². The molecule has 0 aromatic heterocycles. The van der Waals surface area contributed by atoms with Crippen LogP contribution in [0.2, 0.25) is 10.0 Å². The maximum atomic E-state index is 12.5. The number of nitrogens with zero attached hydrogens (tertiary/aromatic N) is 1. The van der Waals surface area contributed by atoms with Crippen LogP contribution in [0.3, 0.4) is 0 Å². The van der Waals surface area contributed by atoms with E-state index in [2.05, 4.69) is 52.6 Å². The zero-order valence-electron chi connectivity index (χ0n) is 18.0. The highest BCUT2D eigenvalue weighted by Crippen LogP contribution is 2.25. The van der Waals surface area contributed by atoms with Gasteiger partial charge in [0, 0.05) is 11.6 Å². The fourth-order valence-electron chi connectivity index (χ4n) is 3.47. The molecule has 3 aromatic rings. The lowest BCUT2D eigenvalue weighted by Crippen LogP contribution is -2.41. The average molecular weight is 483 g/mol. The molecule has 6 nitrogen and oxygen atoms in total. The predicted molar refractivity (Wildman–Crippen MR) is 132 cm³/mol. The molecule has 0 saturated carbocycles. The van der Waals surface area contributed by atoms with Crippen LogP contribution in [-0.2, 0) is 11.4 Å². The van der Waals surface area contributed by atoms with E-state index < -0.39 is 6.04 Å². The van der Waals surface area contributed by atoms with Gasteiger partial charge in [0.15, 0.2) is 0 Å². The summed E-state index contributed by atoms with van der Waals surface area (Å²) in [5.74, 6) is 0.551. The molecule has 0 radical (unpaired) electrons. The van der Waals surface area contributed by atoms with E-state index in [1.807, 2.05) is 24.3 Å². The molecule has 2 unspecified atom stereocenters. The van der Waals surface area contributed by atoms with E-state index in [0.29, 0.717) is 28.6 Å². The van der Waals surface area contributed by atoms with Crippen LogP contribution in [0.1, 0.15) is 34.7 Å². The van der Waals surface area contributed by atoms with Gasteiger partial charge >= 0.3 is 0 Å². The Balaban J connectivity index is 1.27. The number of hydrogen-bond donors (Lipinski definition) is 3. The Labute approximate surface area is 202 Å². The molecule has 1 saturated heterocycles. The summed E-state index contributed by atoms with van der Waals surface area (Å²) in [5, 5.41) is 4.92. The first-order valence-electron chi connectivity index (χ1n) is 10.6. The van der Waals surface area contributed by atoms with Gasteiger partial charge in [-0.25, -0.2) is 16.3 Å². The smallest absolute Gasteiger partial charge is 0.258 e. The minimum Gasteiger partial charge on any atom is -0.489 e. The molecular formula is C25H24Cl2N4O2. The molecule has 0 aliphatic carbocycles. The van der Waals surface area contributed by atoms with Crippen LogP contribution >= 0.6 is 23.2 Å². The molecule has 33 heavy (non-hydrogen) atoms. The van der Waals surface area contributed by atoms with Gasteiger partial charge in [0.05, 0.1) is 16.3 Å². The highest BCUT2D eigenvalue weighted by atomic mass is 35.5. The van der Waals surface area contributed by atoms with Gasteiger partial charge in [-0.3, -0.25) is 4.79 Å². The van der Waals surface area contributed by atoms with Crippen LogP contribution < -0.4 is 21.0 Å². The monoisotopic (exact) mass is 482 g/mol. The van der Waals surface area contributed by atoms with Crippen LogP contribution in [0.5, 0.6) is 5.75 Å². The third-order valence-electron chi connectivity index (χ3n) is 5.40. The molecule has 0 spiro atoms. The van der Waals surface area contributed by atoms with Crippen LogP contribution in [0.4, 0.5) is 0 Å². The molecule has 8 heteroatoms. The second kappa shape index (κ2) is 10.8. The lowest BCUT2D eigenvalue weighted by Gasteiger charge is -2.11. The first-order chi connectivity index (χ1) is 16.0. The normalized spacial score (nSPS) is 17.9. The molecule has 2 atom stereocenters. The van der Waals surface area contributed by atoms with Crippen molar-refractivity contribution in [2.75, 3.05) is 0 Å². The first-order valence-corrected chi connectivity index (χ1v) is 11.3. The number of carbonyl (C=O) groups is 1. The van der Waals surface area contributed by atoms with Crippen molar-refractivity contribution in [3.05, 3.63) is 99.0 Å². The van der Waals surface area contributed by atoms with Crippen molar-refractivity contribution in [2.24, 2.45) is 5.10 Å². The Hall–Kier alpha value is -2.90. The molecule has 3 aromatic carbocycles. The van der Waals surface area contributed by atoms with E-state index >= 15 is 0 Å². The second-order valence-corrected chi connectivity index (χ2v) is 8.66. The summed E-state index contributed by atoms with van der Waals surface area (Å²) in [6.07, 6.45) is 2.02. The average Bonchev–Trinajstić information content (AvgIpc) is 3.31. The highest BCUT2D eigenvalue weighted by Gasteiger charge is 2.30. The standard InChI is InChI=1S/C25H24Cl2N4O2/c1-16-5-7-17(8-6-16)15-33-19-11-9-18(10-12-19)23-13-24(30-29-23)25(32)31-28-14-20-21(26)3-2-4-22(20)27/h2-12,14,23-24,29-30H,13,15H2,1H3,(H,31,32)/b28-14+. The van der Waals surface area contributed by atoms with Gasteiger partial charge in [-0.1, -0.05) is 71.2 Å². The molecule has 3 N–H and O–H groups in total. The second-order valence-electron chi connectivity index (χ2n) is 7.84. The molecule has 1 heterocycles. The molecule has 1 amide bonds. The number of hydrazone groups is 1. The minimum atomic E-state index is -0.425. The van der Waals surface area contributed by atoms with Gasteiger partial charge in [-0.05, 0) is 48.7 Å². The Kier molecular flexibility index (Phi) is 7.62. The lowest BCUT2D eigenvalue weighted by atomic mass is 10.0. The van der Waals surface area contributed by atoms with Crippen LogP contribution in [-0.4, -0.2) is 18.2 Å². The predicted octanol–water partition coefficient (Wildman–Crippen LogP) is 4.94. The summed E-state index contributed by atoms with van der Waals surface area (Å²) in [6.45, 7) is 2.58. The highest BCUT2D eigenvalue weighted by molar-refractivity contribution is 6.38. The largest absolute Gasteiger partial charge is 0.489 e. The van der Waals surface area contributed by atoms with Crippen molar-refractivity contribution in [3.8, 4) is 5.75 Å². The quantitative estimate of drug-likeness (QED) is 0.329. The zero-order chi connectivity index (χ0) is 23.2. The molecule has 4 rings (SSSR count). The van der Waals surface area contributed by atoms with E-state index in [-0.39, 0.29) is 11.9 Å². The van der Waals surface area contributed by atoms with Gasteiger partial charge in [-0.2, -0.15) is 5.10 Å². The van der Waals surface area contributed by atoms with Crippen molar-refractivity contribution in [1.82, 2.24) is 16.3 Å². The summed E-state index contributed by atoms with van der Waals surface area (Å²) in [6, 6.07) is 20.9. The Morgan fingerprint density at radius 1 is 1.06 bits per heavy atom. The van der Waals surface area contributed by atoms with E-state index in [1.54, 1.807) is 18.2 Å². The van der Waals surface area contributed by atoms with E-state index in [9.17, 15) is 4.79 Å². The fraction of sp³-hybridized carbons (Fsp3) is 0.200. The molecular weight excluding hydrogens is 459 g/mol. The van der Waals surface area contributed by atoms with Crippen molar-refractivity contribution in [2.45, 2.75) is 32.0 Å². The maximum absolute atomic E-state index is 12.5. The molecule has 170 valence electrons. The SMILES string of the molecule is Cc1ccc(COc2ccc(C3CC(C(=O)N/N=C/c4c(Cl)cccc4Cl)NN3)cc2)cc1. The molecule has 0 bridgehead atoms. The molecule has 1 fully saturated rings. The Bertz CT molecular complexity index is 1110. The number of hydrazine groups is 1. The minimum absolute atomic E-state index is 0.00566. The number of ether oxygens (including phenoxy) is 1. The van der Waals surface area contributed by atoms with Gasteiger partial charge in [0.1, 0.15) is 18.4 Å². The van der Waals surface area contributed by atoms with E-state index in [1.165, 1.54) is 11.8 Å². The van der Waals surface area contributed by atoms with E-state index in [0.717, 1.165) is 16.9 Å². The molecule has 1 aliphatic heterocycles. The van der Waals surface area contributed by atoms with Gasteiger partial charge in [0.25, 0.3) is 5.91 Å². The molecule has 1 aliphatic rings. The van der Waals surface area contributed by atoms with Crippen molar-refractivity contribution < 1.29 is 9.53 Å². The summed E-state index contributed by atoms with van der Waals surface area (Å²) in [4.78, 5) is 12.5. The van der Waals surface area contributed by atoms with Crippen molar-refractivity contribution in [1.29, 1.82) is 0 Å². The number of rotatable bonds is 7. The summed E-state index contributed by atoms with van der Waals surface area (Å²) in [7, 11) is 0. The fourth-order valence-corrected chi connectivity index (χ4v) is 3.96. The van der Waals surface area contributed by atoms with Crippen LogP contribution in [0.25, 0.3) is 0 Å².